The van der Waals surface area contributed by atoms with Crippen LogP contribution in [0.2, 0.25) is 0 Å². The van der Waals surface area contributed by atoms with Crippen LogP contribution >= 0.6 is 0 Å². The van der Waals surface area contributed by atoms with Gasteiger partial charge in [0.15, 0.2) is 0 Å². The van der Waals surface area contributed by atoms with E-state index in [9.17, 15) is 17.6 Å². The van der Waals surface area contributed by atoms with Gasteiger partial charge in [-0.1, -0.05) is 12.1 Å². The number of hydrogen-bond donors (Lipinski definition) is 1. The molecule has 2 N–H and O–H groups in total. The number of ether oxygens (including phenoxy) is 1. The van der Waals surface area contributed by atoms with Crippen LogP contribution in [0.4, 0.5) is 17.6 Å². The van der Waals surface area contributed by atoms with Crippen molar-refractivity contribution in [3.8, 4) is 5.75 Å². The second-order valence-electron chi connectivity index (χ2n) is 3.32. The third kappa shape index (κ3) is 3.10. The lowest BCUT2D eigenvalue weighted by Gasteiger charge is -2.17. The fourth-order valence-electron chi connectivity index (χ4n) is 1.04. The van der Waals surface area contributed by atoms with Crippen molar-refractivity contribution in [3.63, 3.8) is 0 Å². The number of halogens is 4. The Balaban J connectivity index is 2.76. The van der Waals surface area contributed by atoms with Gasteiger partial charge in [0.1, 0.15) is 5.75 Å². The van der Waals surface area contributed by atoms with Crippen molar-refractivity contribution in [1.82, 2.24) is 0 Å². The molecule has 1 aromatic rings. The minimum absolute atomic E-state index is 0.260. The lowest BCUT2D eigenvalue weighted by molar-refractivity contribution is -0.253. The van der Waals surface area contributed by atoms with E-state index in [2.05, 4.69) is 4.74 Å². The van der Waals surface area contributed by atoms with Gasteiger partial charge in [-0.15, -0.1) is 0 Å². The zero-order chi connectivity index (χ0) is 12.3. The molecule has 0 fully saturated rings. The van der Waals surface area contributed by atoms with Gasteiger partial charge in [-0.3, -0.25) is 0 Å². The first-order valence-electron chi connectivity index (χ1n) is 4.53. The van der Waals surface area contributed by atoms with Crippen molar-refractivity contribution in [1.29, 1.82) is 0 Å². The van der Waals surface area contributed by atoms with E-state index in [1.807, 2.05) is 0 Å². The smallest absolute Gasteiger partial charge is 0.428 e. The monoisotopic (exact) mass is 237 g/mol. The number of benzene rings is 1. The summed E-state index contributed by atoms with van der Waals surface area (Å²) in [6.45, 7) is 1.71. The van der Waals surface area contributed by atoms with Crippen LogP contribution in [-0.2, 0) is 0 Å². The number of hydrogen-bond acceptors (Lipinski definition) is 2. The Labute approximate surface area is 90.0 Å². The van der Waals surface area contributed by atoms with Crippen molar-refractivity contribution < 1.29 is 22.3 Å². The van der Waals surface area contributed by atoms with Crippen LogP contribution in [0.3, 0.4) is 0 Å². The predicted molar refractivity (Wildman–Crippen MR) is 50.6 cm³/mol. The molecule has 0 aromatic heterocycles. The quantitative estimate of drug-likeness (QED) is 0.817. The molecule has 1 rings (SSSR count). The average molecular weight is 237 g/mol. The van der Waals surface area contributed by atoms with Crippen molar-refractivity contribution in [2.45, 2.75) is 25.5 Å². The zero-order valence-corrected chi connectivity index (χ0v) is 8.46. The Hall–Kier alpha value is -1.30. The van der Waals surface area contributed by atoms with Crippen LogP contribution in [0.5, 0.6) is 5.75 Å². The Kier molecular flexibility index (Phi) is 3.74. The average Bonchev–Trinajstić information content (AvgIpc) is 2.17. The number of nitrogens with two attached hydrogens (primary N) is 1. The van der Waals surface area contributed by atoms with E-state index >= 15 is 0 Å². The summed E-state index contributed by atoms with van der Waals surface area (Å²) in [4.78, 5) is 0. The van der Waals surface area contributed by atoms with Crippen LogP contribution in [0, 0.1) is 0 Å². The first kappa shape index (κ1) is 12.8. The molecule has 0 radical (unpaired) electrons. The molecule has 0 aliphatic heterocycles. The minimum Gasteiger partial charge on any atom is -0.428 e. The first-order valence-corrected chi connectivity index (χ1v) is 4.53. The van der Waals surface area contributed by atoms with Gasteiger partial charge >= 0.3 is 12.5 Å². The molecule has 0 amide bonds. The van der Waals surface area contributed by atoms with Crippen LogP contribution in [0.1, 0.15) is 18.5 Å². The standard InChI is InChI=1S/C10H11F4NO/c1-6(15)7-2-4-8(5-3-7)16-10(13,14)9(11)12/h2-6,9H,15H2,1H3/t6-/m1/s1. The molecule has 0 saturated carbocycles. The normalized spacial score (nSPS) is 13.9. The molecule has 90 valence electrons. The zero-order valence-electron chi connectivity index (χ0n) is 8.46. The molecule has 0 heterocycles. The molecule has 2 nitrogen and oxygen atoms in total. The Bertz CT molecular complexity index is 337. The Morgan fingerprint density at radius 1 is 1.19 bits per heavy atom. The molecule has 1 aromatic carbocycles. The van der Waals surface area contributed by atoms with E-state index in [1.54, 1.807) is 6.92 Å². The molecule has 0 saturated heterocycles. The minimum atomic E-state index is -4.48. The summed E-state index contributed by atoms with van der Waals surface area (Å²) in [7, 11) is 0. The highest BCUT2D eigenvalue weighted by Crippen LogP contribution is 2.27. The van der Waals surface area contributed by atoms with Crippen molar-refractivity contribution >= 4 is 0 Å². The second kappa shape index (κ2) is 4.69. The molecule has 0 aliphatic carbocycles. The van der Waals surface area contributed by atoms with E-state index in [-0.39, 0.29) is 11.8 Å². The molecule has 0 bridgehead atoms. The summed E-state index contributed by atoms with van der Waals surface area (Å²) in [5.74, 6) is -0.324. The largest absolute Gasteiger partial charge is 0.461 e. The molecule has 16 heavy (non-hydrogen) atoms. The van der Waals surface area contributed by atoms with Crippen molar-refractivity contribution in [2.24, 2.45) is 5.73 Å². The molecule has 0 spiro atoms. The lowest BCUT2D eigenvalue weighted by Crippen LogP contribution is -2.33. The number of alkyl halides is 4. The van der Waals surface area contributed by atoms with Gasteiger partial charge in [-0.05, 0) is 24.6 Å². The first-order chi connectivity index (χ1) is 7.33. The highest BCUT2D eigenvalue weighted by molar-refractivity contribution is 5.29. The van der Waals surface area contributed by atoms with Gasteiger partial charge in [-0.25, -0.2) is 0 Å². The lowest BCUT2D eigenvalue weighted by atomic mass is 10.1. The van der Waals surface area contributed by atoms with Gasteiger partial charge in [0.25, 0.3) is 0 Å². The van der Waals surface area contributed by atoms with Crippen LogP contribution in [0.25, 0.3) is 0 Å². The summed E-state index contributed by atoms with van der Waals surface area (Å²) in [6, 6.07) is 4.98. The Morgan fingerprint density at radius 2 is 1.69 bits per heavy atom. The molecular weight excluding hydrogens is 226 g/mol. The summed E-state index contributed by atoms with van der Waals surface area (Å²) >= 11 is 0. The highest BCUT2D eigenvalue weighted by Gasteiger charge is 2.43. The fourth-order valence-corrected chi connectivity index (χ4v) is 1.04. The van der Waals surface area contributed by atoms with Crippen molar-refractivity contribution in [2.75, 3.05) is 0 Å². The van der Waals surface area contributed by atoms with Gasteiger partial charge in [-0.2, -0.15) is 17.6 Å². The maximum Gasteiger partial charge on any atom is 0.461 e. The Morgan fingerprint density at radius 3 is 2.06 bits per heavy atom. The molecule has 1 atom stereocenters. The van der Waals surface area contributed by atoms with Crippen molar-refractivity contribution in [3.05, 3.63) is 29.8 Å². The molecule has 6 heteroatoms. The third-order valence-electron chi connectivity index (χ3n) is 1.91. The molecule has 0 aliphatic rings. The van der Waals surface area contributed by atoms with Crippen LogP contribution < -0.4 is 10.5 Å². The molecular formula is C10H11F4NO. The van der Waals surface area contributed by atoms with Gasteiger partial charge in [0.2, 0.25) is 0 Å². The van der Waals surface area contributed by atoms with Gasteiger partial charge < -0.3 is 10.5 Å². The van der Waals surface area contributed by atoms with Crippen LogP contribution in [-0.4, -0.2) is 12.5 Å². The van der Waals surface area contributed by atoms with Gasteiger partial charge in [0.05, 0.1) is 0 Å². The number of rotatable bonds is 4. The fraction of sp³-hybridized carbons (Fsp3) is 0.400. The van der Waals surface area contributed by atoms with E-state index in [0.29, 0.717) is 5.56 Å². The summed E-state index contributed by atoms with van der Waals surface area (Å²) in [6.07, 6.45) is -8.34. The SMILES string of the molecule is C[C@@H](N)c1ccc(OC(F)(F)C(F)F)cc1. The van der Waals surface area contributed by atoms with E-state index in [4.69, 9.17) is 5.73 Å². The van der Waals surface area contributed by atoms with E-state index in [0.717, 1.165) is 0 Å². The highest BCUT2D eigenvalue weighted by atomic mass is 19.3. The summed E-state index contributed by atoms with van der Waals surface area (Å²) in [5.41, 5.74) is 6.23. The summed E-state index contributed by atoms with van der Waals surface area (Å²) in [5, 5.41) is 0. The third-order valence-corrected chi connectivity index (χ3v) is 1.91. The second-order valence-corrected chi connectivity index (χ2v) is 3.32. The van der Waals surface area contributed by atoms with Gasteiger partial charge in [0, 0.05) is 6.04 Å². The van der Waals surface area contributed by atoms with Crippen LogP contribution in [0.15, 0.2) is 24.3 Å². The molecule has 0 unspecified atom stereocenters. The van der Waals surface area contributed by atoms with E-state index < -0.39 is 12.5 Å². The van der Waals surface area contributed by atoms with E-state index in [1.165, 1.54) is 24.3 Å². The summed E-state index contributed by atoms with van der Waals surface area (Å²) < 4.78 is 52.5. The maximum absolute atomic E-state index is 12.5. The maximum atomic E-state index is 12.5. The predicted octanol–water partition coefficient (Wildman–Crippen LogP) is 2.94. The topological polar surface area (TPSA) is 35.2 Å².